The van der Waals surface area contributed by atoms with Crippen molar-refractivity contribution in [2.75, 3.05) is 20.2 Å². The first-order chi connectivity index (χ1) is 5.38. The highest BCUT2D eigenvalue weighted by Gasteiger charge is 2.22. The van der Waals surface area contributed by atoms with Gasteiger partial charge in [0.2, 0.25) is 0 Å². The van der Waals surface area contributed by atoms with Crippen LogP contribution in [0.2, 0.25) is 0 Å². The van der Waals surface area contributed by atoms with Gasteiger partial charge in [0, 0.05) is 18.6 Å². The molecule has 1 N–H and O–H groups in total. The van der Waals surface area contributed by atoms with Gasteiger partial charge in [0.25, 0.3) is 0 Å². The molecule has 5 heteroatoms. The maximum absolute atomic E-state index is 8.21. The van der Waals surface area contributed by atoms with Crippen molar-refractivity contribution in [3.63, 3.8) is 0 Å². The van der Waals surface area contributed by atoms with Crippen molar-refractivity contribution in [2.24, 2.45) is 5.11 Å². The molecule has 0 bridgehead atoms. The van der Waals surface area contributed by atoms with Crippen molar-refractivity contribution in [1.82, 2.24) is 5.32 Å². The van der Waals surface area contributed by atoms with Gasteiger partial charge in [-0.15, -0.1) is 0 Å². The van der Waals surface area contributed by atoms with Crippen LogP contribution in [0.15, 0.2) is 5.11 Å². The minimum absolute atomic E-state index is 0.00579. The Bertz CT molecular complexity index is 166. The fourth-order valence-corrected chi connectivity index (χ4v) is 1.26. The van der Waals surface area contributed by atoms with Crippen LogP contribution in [0.3, 0.4) is 0 Å². The lowest BCUT2D eigenvalue weighted by Crippen LogP contribution is -2.43. The van der Waals surface area contributed by atoms with Crippen molar-refractivity contribution in [3.05, 3.63) is 10.4 Å². The van der Waals surface area contributed by atoms with Gasteiger partial charge in [-0.2, -0.15) is 0 Å². The van der Waals surface area contributed by atoms with Crippen molar-refractivity contribution in [2.45, 2.75) is 18.6 Å². The molecule has 0 spiro atoms. The molecule has 0 unspecified atom stereocenters. The van der Waals surface area contributed by atoms with Gasteiger partial charge in [0.1, 0.15) is 0 Å². The second kappa shape index (κ2) is 4.18. The van der Waals surface area contributed by atoms with Crippen LogP contribution in [-0.4, -0.2) is 32.3 Å². The standard InChI is InChI=1S/C6H12N4O/c1-11-6-4-8-3-2-5(6)9-10-7/h5-6,8H,2-4H2,1H3/t5-,6-/m1/s1. The van der Waals surface area contributed by atoms with Crippen LogP contribution >= 0.6 is 0 Å². The predicted molar refractivity (Wildman–Crippen MR) is 41.2 cm³/mol. The Balaban J connectivity index is 2.50. The van der Waals surface area contributed by atoms with E-state index in [1.807, 2.05) is 0 Å². The first kappa shape index (κ1) is 8.33. The van der Waals surface area contributed by atoms with E-state index in [9.17, 15) is 0 Å². The third-order valence-corrected chi connectivity index (χ3v) is 1.89. The van der Waals surface area contributed by atoms with Gasteiger partial charge >= 0.3 is 0 Å². The summed E-state index contributed by atoms with van der Waals surface area (Å²) in [5.74, 6) is 0. The van der Waals surface area contributed by atoms with E-state index in [2.05, 4.69) is 15.3 Å². The van der Waals surface area contributed by atoms with Crippen LogP contribution in [0.5, 0.6) is 0 Å². The van der Waals surface area contributed by atoms with Crippen LogP contribution in [0, 0.1) is 0 Å². The van der Waals surface area contributed by atoms with Crippen molar-refractivity contribution in [1.29, 1.82) is 0 Å². The minimum Gasteiger partial charge on any atom is -0.380 e. The number of methoxy groups -OCH3 is 1. The third kappa shape index (κ3) is 2.08. The van der Waals surface area contributed by atoms with Crippen molar-refractivity contribution in [3.8, 4) is 0 Å². The molecule has 1 aliphatic heterocycles. The summed E-state index contributed by atoms with van der Waals surface area (Å²) in [4.78, 5) is 2.77. The summed E-state index contributed by atoms with van der Waals surface area (Å²) in [6.45, 7) is 1.68. The lowest BCUT2D eigenvalue weighted by Gasteiger charge is -2.27. The minimum atomic E-state index is 0.00579. The number of ether oxygens (including phenoxy) is 1. The Kier molecular flexibility index (Phi) is 3.16. The monoisotopic (exact) mass is 156 g/mol. The summed E-state index contributed by atoms with van der Waals surface area (Å²) in [5.41, 5.74) is 8.21. The van der Waals surface area contributed by atoms with Gasteiger partial charge in [-0.3, -0.25) is 0 Å². The van der Waals surface area contributed by atoms with Gasteiger partial charge in [0.15, 0.2) is 0 Å². The van der Waals surface area contributed by atoms with E-state index in [-0.39, 0.29) is 12.1 Å². The van der Waals surface area contributed by atoms with Crippen LogP contribution in [0.25, 0.3) is 10.4 Å². The molecule has 62 valence electrons. The van der Waals surface area contributed by atoms with E-state index in [0.717, 1.165) is 19.5 Å². The molecule has 11 heavy (non-hydrogen) atoms. The zero-order chi connectivity index (χ0) is 8.10. The Labute approximate surface area is 65.4 Å². The van der Waals surface area contributed by atoms with E-state index in [1.54, 1.807) is 7.11 Å². The third-order valence-electron chi connectivity index (χ3n) is 1.89. The first-order valence-electron chi connectivity index (χ1n) is 3.66. The molecule has 1 saturated heterocycles. The maximum Gasteiger partial charge on any atom is 0.0780 e. The smallest absolute Gasteiger partial charge is 0.0780 e. The zero-order valence-electron chi connectivity index (χ0n) is 6.53. The van der Waals surface area contributed by atoms with E-state index in [1.165, 1.54) is 0 Å². The molecule has 0 amide bonds. The second-order valence-corrected chi connectivity index (χ2v) is 2.54. The number of hydrogen-bond donors (Lipinski definition) is 1. The van der Waals surface area contributed by atoms with Crippen LogP contribution in [0.4, 0.5) is 0 Å². The highest BCUT2D eigenvalue weighted by Crippen LogP contribution is 2.10. The van der Waals surface area contributed by atoms with Crippen molar-refractivity contribution < 1.29 is 4.74 Å². The van der Waals surface area contributed by atoms with Gasteiger partial charge in [0.05, 0.1) is 12.1 Å². The summed E-state index contributed by atoms with van der Waals surface area (Å²) >= 11 is 0. The fourth-order valence-electron chi connectivity index (χ4n) is 1.26. The number of nitrogens with zero attached hydrogens (tertiary/aromatic N) is 3. The Morgan fingerprint density at radius 3 is 3.18 bits per heavy atom. The number of piperidine rings is 1. The Hall–Kier alpha value is -0.770. The maximum atomic E-state index is 8.21. The van der Waals surface area contributed by atoms with Crippen molar-refractivity contribution >= 4 is 0 Å². The largest absolute Gasteiger partial charge is 0.380 e. The van der Waals surface area contributed by atoms with E-state index in [4.69, 9.17) is 10.3 Å². The SMILES string of the molecule is CO[C@@H]1CNCC[C@H]1N=[N+]=[N-]. The van der Waals surface area contributed by atoms with Crippen LogP contribution in [-0.2, 0) is 4.74 Å². The van der Waals surface area contributed by atoms with Gasteiger partial charge in [-0.1, -0.05) is 5.11 Å². The van der Waals surface area contributed by atoms with E-state index >= 15 is 0 Å². The van der Waals surface area contributed by atoms with E-state index < -0.39 is 0 Å². The fraction of sp³-hybridized carbons (Fsp3) is 1.00. The predicted octanol–water partition coefficient (Wildman–Crippen LogP) is 0.674. The molecule has 5 nitrogen and oxygen atoms in total. The average Bonchev–Trinajstić information content (AvgIpc) is 2.06. The Morgan fingerprint density at radius 1 is 1.73 bits per heavy atom. The molecule has 0 aromatic carbocycles. The normalized spacial score (nSPS) is 31.0. The van der Waals surface area contributed by atoms with Gasteiger partial charge < -0.3 is 10.1 Å². The van der Waals surface area contributed by atoms with Crippen LogP contribution in [0.1, 0.15) is 6.42 Å². The molecule has 0 saturated carbocycles. The summed E-state index contributed by atoms with van der Waals surface area (Å²) < 4.78 is 5.13. The molecule has 1 aliphatic rings. The molecular formula is C6H12N4O. The molecule has 0 aromatic heterocycles. The highest BCUT2D eigenvalue weighted by molar-refractivity contribution is 4.84. The molecule has 2 atom stereocenters. The number of rotatable bonds is 2. The van der Waals surface area contributed by atoms with Crippen LogP contribution < -0.4 is 5.32 Å². The molecule has 1 rings (SSSR count). The molecule has 0 aliphatic carbocycles. The quantitative estimate of drug-likeness (QED) is 0.362. The lowest BCUT2D eigenvalue weighted by molar-refractivity contribution is 0.0647. The summed E-state index contributed by atoms with van der Waals surface area (Å²) in [6, 6.07) is 0.00579. The second-order valence-electron chi connectivity index (χ2n) is 2.54. The Morgan fingerprint density at radius 2 is 2.55 bits per heavy atom. The van der Waals surface area contributed by atoms with E-state index in [0.29, 0.717) is 0 Å². The number of nitrogens with one attached hydrogen (secondary N) is 1. The molecule has 1 fully saturated rings. The topological polar surface area (TPSA) is 70.0 Å². The zero-order valence-corrected chi connectivity index (χ0v) is 6.53. The highest BCUT2D eigenvalue weighted by atomic mass is 16.5. The van der Waals surface area contributed by atoms with Gasteiger partial charge in [-0.05, 0) is 18.5 Å². The molecule has 0 radical (unpaired) electrons. The summed E-state index contributed by atoms with van der Waals surface area (Å²) in [7, 11) is 1.64. The first-order valence-corrected chi connectivity index (χ1v) is 3.66. The number of azide groups is 1. The molecule has 1 heterocycles. The molecule has 0 aromatic rings. The van der Waals surface area contributed by atoms with Gasteiger partial charge in [-0.25, -0.2) is 0 Å². The lowest BCUT2D eigenvalue weighted by atomic mass is 10.1. The molecular weight excluding hydrogens is 144 g/mol. The average molecular weight is 156 g/mol. The summed E-state index contributed by atoms with van der Waals surface area (Å²) in [5, 5.41) is 6.82. The summed E-state index contributed by atoms with van der Waals surface area (Å²) in [6.07, 6.45) is 0.905. The number of hydrogen-bond acceptors (Lipinski definition) is 3.